The summed E-state index contributed by atoms with van der Waals surface area (Å²) in [4.78, 5) is 4.40. The van der Waals surface area contributed by atoms with Gasteiger partial charge in [-0.25, -0.2) is 4.98 Å². The van der Waals surface area contributed by atoms with Gasteiger partial charge in [-0.15, -0.1) is 0 Å². The standard InChI is InChI=1S/C13H19BrN2O/c1-2-12-10(6-7-17-12)8-15-9-11-4-3-5-13(14)16-11/h3-5,10,12,15H,2,6-9H2,1H3. The molecule has 4 heteroatoms. The molecule has 1 aromatic heterocycles. The first-order valence-electron chi connectivity index (χ1n) is 6.23. The van der Waals surface area contributed by atoms with Gasteiger partial charge in [-0.1, -0.05) is 13.0 Å². The Balaban J connectivity index is 1.76. The van der Waals surface area contributed by atoms with Crippen molar-refractivity contribution in [3.8, 4) is 0 Å². The van der Waals surface area contributed by atoms with Gasteiger partial charge in [0.05, 0.1) is 11.8 Å². The molecular formula is C13H19BrN2O. The number of hydrogen-bond donors (Lipinski definition) is 1. The zero-order valence-electron chi connectivity index (χ0n) is 10.2. The SMILES string of the molecule is CCC1OCCC1CNCc1cccc(Br)n1. The number of ether oxygens (including phenoxy) is 1. The Morgan fingerprint density at radius 1 is 1.53 bits per heavy atom. The Kier molecular flexibility index (Phi) is 4.95. The van der Waals surface area contributed by atoms with Crippen LogP contribution >= 0.6 is 15.9 Å². The molecule has 94 valence electrons. The highest BCUT2D eigenvalue weighted by Gasteiger charge is 2.25. The molecule has 17 heavy (non-hydrogen) atoms. The summed E-state index contributed by atoms with van der Waals surface area (Å²) in [6, 6.07) is 6.00. The molecule has 1 N–H and O–H groups in total. The van der Waals surface area contributed by atoms with Crippen LogP contribution in [0.15, 0.2) is 22.8 Å². The summed E-state index contributed by atoms with van der Waals surface area (Å²) in [6.45, 7) is 4.96. The molecule has 1 fully saturated rings. The zero-order valence-corrected chi connectivity index (χ0v) is 11.7. The molecule has 1 aliphatic heterocycles. The molecule has 0 saturated carbocycles. The summed E-state index contributed by atoms with van der Waals surface area (Å²) in [5.74, 6) is 0.659. The summed E-state index contributed by atoms with van der Waals surface area (Å²) in [5, 5.41) is 3.47. The Labute approximate surface area is 111 Å². The minimum Gasteiger partial charge on any atom is -0.378 e. The van der Waals surface area contributed by atoms with Crippen molar-refractivity contribution in [1.29, 1.82) is 0 Å². The van der Waals surface area contributed by atoms with Crippen molar-refractivity contribution in [2.75, 3.05) is 13.2 Å². The van der Waals surface area contributed by atoms with Gasteiger partial charge in [-0.2, -0.15) is 0 Å². The number of nitrogens with zero attached hydrogens (tertiary/aromatic N) is 1. The van der Waals surface area contributed by atoms with Crippen molar-refractivity contribution in [3.63, 3.8) is 0 Å². The van der Waals surface area contributed by atoms with Crippen LogP contribution in [0.4, 0.5) is 0 Å². The summed E-state index contributed by atoms with van der Waals surface area (Å²) in [6.07, 6.45) is 2.73. The predicted molar refractivity (Wildman–Crippen MR) is 71.8 cm³/mol. The van der Waals surface area contributed by atoms with Crippen LogP contribution in [-0.4, -0.2) is 24.2 Å². The second-order valence-electron chi connectivity index (χ2n) is 4.45. The number of aromatic nitrogens is 1. The Bertz CT molecular complexity index is 359. The molecular weight excluding hydrogens is 280 g/mol. The van der Waals surface area contributed by atoms with Gasteiger partial charge in [0.15, 0.2) is 0 Å². The molecule has 1 saturated heterocycles. The van der Waals surface area contributed by atoms with Crippen molar-refractivity contribution in [1.82, 2.24) is 10.3 Å². The maximum absolute atomic E-state index is 5.67. The fraction of sp³-hybridized carbons (Fsp3) is 0.615. The minimum atomic E-state index is 0.443. The number of nitrogens with one attached hydrogen (secondary N) is 1. The first-order valence-corrected chi connectivity index (χ1v) is 7.02. The van der Waals surface area contributed by atoms with Crippen LogP contribution in [0.3, 0.4) is 0 Å². The Hall–Kier alpha value is -0.450. The molecule has 3 nitrogen and oxygen atoms in total. The summed E-state index contributed by atoms with van der Waals surface area (Å²) in [5.41, 5.74) is 1.08. The summed E-state index contributed by atoms with van der Waals surface area (Å²) < 4.78 is 6.57. The molecule has 0 aliphatic carbocycles. The van der Waals surface area contributed by atoms with E-state index in [0.29, 0.717) is 12.0 Å². The fourth-order valence-corrected chi connectivity index (χ4v) is 2.69. The molecule has 2 rings (SSSR count). The lowest BCUT2D eigenvalue weighted by Crippen LogP contribution is -2.28. The molecule has 1 aliphatic rings. The summed E-state index contributed by atoms with van der Waals surface area (Å²) in [7, 11) is 0. The van der Waals surface area contributed by atoms with Crippen LogP contribution in [0, 0.1) is 5.92 Å². The van der Waals surface area contributed by atoms with Crippen molar-refractivity contribution in [2.45, 2.75) is 32.4 Å². The van der Waals surface area contributed by atoms with Gasteiger partial charge >= 0.3 is 0 Å². The van der Waals surface area contributed by atoms with Crippen molar-refractivity contribution < 1.29 is 4.74 Å². The number of halogens is 1. The van der Waals surface area contributed by atoms with Crippen LogP contribution in [0.25, 0.3) is 0 Å². The van der Waals surface area contributed by atoms with Crippen LogP contribution in [-0.2, 0) is 11.3 Å². The van der Waals surface area contributed by atoms with Crippen LogP contribution in [0.2, 0.25) is 0 Å². The van der Waals surface area contributed by atoms with E-state index >= 15 is 0 Å². The topological polar surface area (TPSA) is 34.1 Å². The van der Waals surface area contributed by atoms with Crippen LogP contribution in [0.5, 0.6) is 0 Å². The molecule has 0 spiro atoms. The van der Waals surface area contributed by atoms with E-state index in [1.165, 1.54) is 6.42 Å². The second kappa shape index (κ2) is 6.47. The molecule has 2 atom stereocenters. The molecule has 0 aromatic carbocycles. The molecule has 1 aromatic rings. The second-order valence-corrected chi connectivity index (χ2v) is 5.26. The highest BCUT2D eigenvalue weighted by molar-refractivity contribution is 9.10. The number of hydrogen-bond acceptors (Lipinski definition) is 3. The lowest BCUT2D eigenvalue weighted by molar-refractivity contribution is 0.0872. The van der Waals surface area contributed by atoms with Crippen LogP contribution in [0.1, 0.15) is 25.5 Å². The summed E-state index contributed by atoms with van der Waals surface area (Å²) >= 11 is 3.38. The van der Waals surface area contributed by atoms with Gasteiger partial charge in [-0.3, -0.25) is 0 Å². The van der Waals surface area contributed by atoms with E-state index in [1.807, 2.05) is 18.2 Å². The molecule has 0 radical (unpaired) electrons. The number of rotatable bonds is 5. The average Bonchev–Trinajstić information content (AvgIpc) is 2.77. The first kappa shape index (κ1) is 13.0. The van der Waals surface area contributed by atoms with Crippen molar-refractivity contribution in [3.05, 3.63) is 28.5 Å². The normalized spacial score (nSPS) is 24.1. The maximum atomic E-state index is 5.67. The van der Waals surface area contributed by atoms with Crippen molar-refractivity contribution >= 4 is 15.9 Å². The predicted octanol–water partition coefficient (Wildman–Crippen LogP) is 2.75. The first-order chi connectivity index (χ1) is 8.29. The molecule has 0 bridgehead atoms. The van der Waals surface area contributed by atoms with E-state index in [9.17, 15) is 0 Å². The van der Waals surface area contributed by atoms with E-state index in [-0.39, 0.29) is 0 Å². The molecule has 2 unspecified atom stereocenters. The van der Waals surface area contributed by atoms with Gasteiger partial charge in [0.1, 0.15) is 4.60 Å². The van der Waals surface area contributed by atoms with Gasteiger partial charge in [0.2, 0.25) is 0 Å². The average molecular weight is 299 g/mol. The third-order valence-electron chi connectivity index (χ3n) is 3.23. The maximum Gasteiger partial charge on any atom is 0.106 e. The van der Waals surface area contributed by atoms with E-state index in [1.54, 1.807) is 0 Å². The van der Waals surface area contributed by atoms with Crippen LogP contribution < -0.4 is 5.32 Å². The largest absolute Gasteiger partial charge is 0.378 e. The van der Waals surface area contributed by atoms with Gasteiger partial charge < -0.3 is 10.1 Å². The van der Waals surface area contributed by atoms with Crippen molar-refractivity contribution in [2.24, 2.45) is 5.92 Å². The smallest absolute Gasteiger partial charge is 0.106 e. The van der Waals surface area contributed by atoms with E-state index < -0.39 is 0 Å². The fourth-order valence-electron chi connectivity index (χ4n) is 2.31. The highest BCUT2D eigenvalue weighted by Crippen LogP contribution is 2.22. The zero-order chi connectivity index (χ0) is 12.1. The lowest BCUT2D eigenvalue weighted by atomic mass is 10.00. The van der Waals surface area contributed by atoms with Gasteiger partial charge in [0, 0.05) is 19.7 Å². The Morgan fingerprint density at radius 3 is 3.18 bits per heavy atom. The molecule has 2 heterocycles. The quantitative estimate of drug-likeness (QED) is 0.849. The highest BCUT2D eigenvalue weighted by atomic mass is 79.9. The van der Waals surface area contributed by atoms with Gasteiger partial charge in [0.25, 0.3) is 0 Å². The Morgan fingerprint density at radius 2 is 2.41 bits per heavy atom. The lowest BCUT2D eigenvalue weighted by Gasteiger charge is -2.17. The number of pyridine rings is 1. The monoisotopic (exact) mass is 298 g/mol. The third-order valence-corrected chi connectivity index (χ3v) is 3.68. The van der Waals surface area contributed by atoms with E-state index in [2.05, 4.69) is 33.2 Å². The van der Waals surface area contributed by atoms with Gasteiger partial charge in [-0.05, 0) is 46.8 Å². The van der Waals surface area contributed by atoms with E-state index in [4.69, 9.17) is 4.74 Å². The van der Waals surface area contributed by atoms with E-state index in [0.717, 1.165) is 36.4 Å². The third kappa shape index (κ3) is 3.76. The molecule has 0 amide bonds. The minimum absolute atomic E-state index is 0.443.